The van der Waals surface area contributed by atoms with Gasteiger partial charge in [-0.2, -0.15) is 0 Å². The number of esters is 1. The fourth-order valence-corrected chi connectivity index (χ4v) is 3.12. The number of hydrogen-bond acceptors (Lipinski definition) is 5. The van der Waals surface area contributed by atoms with Gasteiger partial charge in [-0.1, -0.05) is 28.9 Å². The molecular weight excluding hydrogens is 332 g/mol. The van der Waals surface area contributed by atoms with Crippen molar-refractivity contribution in [3.05, 3.63) is 41.6 Å². The Hall–Kier alpha value is -2.63. The number of benzene rings is 1. The van der Waals surface area contributed by atoms with Crippen LogP contribution in [0.3, 0.4) is 0 Å². The molecule has 0 spiro atoms. The second-order valence-corrected chi connectivity index (χ2v) is 6.58. The molecule has 0 bridgehead atoms. The zero-order valence-corrected chi connectivity index (χ0v) is 15.0. The molecule has 0 saturated heterocycles. The van der Waals surface area contributed by atoms with E-state index in [2.05, 4.69) is 16.5 Å². The summed E-state index contributed by atoms with van der Waals surface area (Å²) in [5.74, 6) is -0.776. The van der Waals surface area contributed by atoms with Crippen LogP contribution in [0, 0.1) is 0 Å². The summed E-state index contributed by atoms with van der Waals surface area (Å²) in [5.41, 5.74) is 2.54. The Labute approximate surface area is 152 Å². The zero-order chi connectivity index (χ0) is 18.4. The number of aromatic nitrogens is 1. The van der Waals surface area contributed by atoms with Gasteiger partial charge in [-0.25, -0.2) is 0 Å². The minimum Gasteiger partial charge on any atom is -0.452 e. The normalized spacial score (nSPS) is 15.3. The lowest BCUT2D eigenvalue weighted by atomic mass is 9.97. The summed E-state index contributed by atoms with van der Waals surface area (Å²) in [6.45, 7) is 2.15. The Morgan fingerprint density at radius 2 is 2.15 bits per heavy atom. The van der Waals surface area contributed by atoms with Crippen LogP contribution in [-0.2, 0) is 20.7 Å². The maximum Gasteiger partial charge on any atom is 0.312 e. The third-order valence-corrected chi connectivity index (χ3v) is 4.57. The van der Waals surface area contributed by atoms with Crippen LogP contribution in [0.2, 0.25) is 0 Å². The molecule has 0 saturated carbocycles. The van der Waals surface area contributed by atoms with E-state index >= 15 is 0 Å². The van der Waals surface area contributed by atoms with Crippen molar-refractivity contribution in [3.63, 3.8) is 0 Å². The number of carbonyl (C=O) groups is 2. The first-order valence-electron chi connectivity index (χ1n) is 9.12. The van der Waals surface area contributed by atoms with Gasteiger partial charge >= 0.3 is 5.97 Å². The average molecular weight is 356 g/mol. The van der Waals surface area contributed by atoms with Crippen LogP contribution in [0.5, 0.6) is 0 Å². The van der Waals surface area contributed by atoms with Crippen LogP contribution in [0.15, 0.2) is 40.4 Å². The summed E-state index contributed by atoms with van der Waals surface area (Å²) in [4.78, 5) is 24.2. The van der Waals surface area contributed by atoms with Gasteiger partial charge in [-0.05, 0) is 51.2 Å². The molecule has 1 N–H and O–H groups in total. The van der Waals surface area contributed by atoms with Gasteiger partial charge in [0.1, 0.15) is 5.69 Å². The molecule has 3 rings (SSSR count). The second kappa shape index (κ2) is 8.65. The molecule has 1 aliphatic carbocycles. The quantitative estimate of drug-likeness (QED) is 0.608. The molecule has 1 aliphatic rings. The van der Waals surface area contributed by atoms with E-state index in [-0.39, 0.29) is 12.3 Å². The fourth-order valence-electron chi connectivity index (χ4n) is 3.12. The lowest BCUT2D eigenvalue weighted by molar-refractivity contribution is -0.154. The molecule has 6 heteroatoms. The van der Waals surface area contributed by atoms with Gasteiger partial charge < -0.3 is 14.6 Å². The minimum absolute atomic E-state index is 0.0263. The summed E-state index contributed by atoms with van der Waals surface area (Å²) < 4.78 is 10.4. The predicted molar refractivity (Wildman–Crippen MR) is 97.4 cm³/mol. The van der Waals surface area contributed by atoms with Crippen molar-refractivity contribution in [2.45, 2.75) is 51.6 Å². The highest BCUT2D eigenvalue weighted by Crippen LogP contribution is 2.20. The van der Waals surface area contributed by atoms with Crippen LogP contribution in [0.25, 0.3) is 11.0 Å². The van der Waals surface area contributed by atoms with E-state index in [1.54, 1.807) is 13.0 Å². The first kappa shape index (κ1) is 18.2. The molecule has 6 nitrogen and oxygen atoms in total. The number of carbonyl (C=O) groups excluding carboxylic acids is 2. The monoisotopic (exact) mass is 356 g/mol. The number of fused-ring (bicyclic) bond motifs is 1. The maximum absolute atomic E-state index is 12.1. The van der Waals surface area contributed by atoms with Crippen LogP contribution >= 0.6 is 0 Å². The molecule has 2 aromatic rings. The second-order valence-electron chi connectivity index (χ2n) is 6.58. The van der Waals surface area contributed by atoms with Crippen molar-refractivity contribution < 1.29 is 18.8 Å². The number of rotatable bonds is 7. The van der Waals surface area contributed by atoms with Crippen molar-refractivity contribution in [2.75, 3.05) is 6.54 Å². The van der Waals surface area contributed by atoms with Crippen LogP contribution in [0.1, 0.15) is 44.7 Å². The number of nitrogens with zero attached hydrogens (tertiary/aromatic N) is 1. The standard InChI is InChI=1S/C20H24N2O4/c1-14(20(24)21-12-11-15-7-3-2-4-8-15)25-19(23)13-17-16-9-5-6-10-18(16)26-22-17/h5-7,9-10,14H,2-4,8,11-13H2,1H3,(H,21,24)/t14-/m0/s1. The summed E-state index contributed by atoms with van der Waals surface area (Å²) in [6.07, 6.45) is 7.00. The molecule has 0 fully saturated rings. The van der Waals surface area contributed by atoms with E-state index in [4.69, 9.17) is 9.26 Å². The molecule has 1 aromatic heterocycles. The Kier molecular flexibility index (Phi) is 6.04. The number of amides is 1. The maximum atomic E-state index is 12.1. The Morgan fingerprint density at radius 3 is 2.96 bits per heavy atom. The third kappa shape index (κ3) is 4.71. The fraction of sp³-hybridized carbons (Fsp3) is 0.450. The molecule has 1 atom stereocenters. The number of ether oxygens (including phenoxy) is 1. The van der Waals surface area contributed by atoms with Gasteiger partial charge in [0, 0.05) is 11.9 Å². The molecular formula is C20H24N2O4. The van der Waals surface area contributed by atoms with Crippen molar-refractivity contribution in [1.29, 1.82) is 0 Å². The van der Waals surface area contributed by atoms with Crippen molar-refractivity contribution >= 4 is 22.8 Å². The van der Waals surface area contributed by atoms with Gasteiger partial charge in [0.2, 0.25) is 0 Å². The van der Waals surface area contributed by atoms with E-state index in [0.29, 0.717) is 17.8 Å². The summed E-state index contributed by atoms with van der Waals surface area (Å²) in [7, 11) is 0. The van der Waals surface area contributed by atoms with Gasteiger partial charge in [0.05, 0.1) is 6.42 Å². The lowest BCUT2D eigenvalue weighted by Gasteiger charge is -2.15. The third-order valence-electron chi connectivity index (χ3n) is 4.57. The number of para-hydroxylation sites is 1. The highest BCUT2D eigenvalue weighted by atomic mass is 16.5. The molecule has 1 aromatic carbocycles. The summed E-state index contributed by atoms with van der Waals surface area (Å²) in [6, 6.07) is 7.32. The van der Waals surface area contributed by atoms with Crippen molar-refractivity contribution in [2.24, 2.45) is 0 Å². The van der Waals surface area contributed by atoms with E-state index in [1.807, 2.05) is 18.2 Å². The largest absolute Gasteiger partial charge is 0.452 e. The van der Waals surface area contributed by atoms with E-state index < -0.39 is 12.1 Å². The van der Waals surface area contributed by atoms with Gasteiger partial charge in [0.15, 0.2) is 11.7 Å². The number of nitrogens with one attached hydrogen (secondary N) is 1. The first-order valence-corrected chi connectivity index (χ1v) is 9.12. The van der Waals surface area contributed by atoms with Crippen molar-refractivity contribution in [1.82, 2.24) is 10.5 Å². The molecule has 26 heavy (non-hydrogen) atoms. The number of hydrogen-bond donors (Lipinski definition) is 1. The molecule has 1 amide bonds. The number of allylic oxidation sites excluding steroid dienone is 1. The topological polar surface area (TPSA) is 81.4 Å². The highest BCUT2D eigenvalue weighted by molar-refractivity contribution is 5.86. The highest BCUT2D eigenvalue weighted by Gasteiger charge is 2.20. The predicted octanol–water partition coefficient (Wildman–Crippen LogP) is 3.31. The van der Waals surface area contributed by atoms with E-state index in [0.717, 1.165) is 24.6 Å². The molecule has 138 valence electrons. The Morgan fingerprint density at radius 1 is 1.31 bits per heavy atom. The minimum atomic E-state index is -0.832. The van der Waals surface area contributed by atoms with Gasteiger partial charge in [0.25, 0.3) is 5.91 Å². The molecule has 0 radical (unpaired) electrons. The first-order chi connectivity index (χ1) is 12.6. The van der Waals surface area contributed by atoms with Crippen LogP contribution in [-0.4, -0.2) is 29.7 Å². The van der Waals surface area contributed by atoms with Gasteiger partial charge in [-0.3, -0.25) is 9.59 Å². The van der Waals surface area contributed by atoms with Crippen molar-refractivity contribution in [3.8, 4) is 0 Å². The van der Waals surface area contributed by atoms with Gasteiger partial charge in [-0.15, -0.1) is 0 Å². The Balaban J connectivity index is 1.44. The SMILES string of the molecule is C[C@H](OC(=O)Cc1noc2ccccc12)C(=O)NCCC1=CCCCC1. The Bertz CT molecular complexity index is 809. The zero-order valence-electron chi connectivity index (χ0n) is 15.0. The van der Waals surface area contributed by atoms with Crippen LogP contribution < -0.4 is 5.32 Å². The molecule has 0 unspecified atom stereocenters. The average Bonchev–Trinajstić information content (AvgIpc) is 3.05. The summed E-state index contributed by atoms with van der Waals surface area (Å²) in [5, 5.41) is 7.52. The summed E-state index contributed by atoms with van der Waals surface area (Å²) >= 11 is 0. The smallest absolute Gasteiger partial charge is 0.312 e. The molecule has 1 heterocycles. The molecule has 0 aliphatic heterocycles. The van der Waals surface area contributed by atoms with E-state index in [1.165, 1.54) is 18.4 Å². The van der Waals surface area contributed by atoms with Crippen LogP contribution in [0.4, 0.5) is 0 Å². The van der Waals surface area contributed by atoms with E-state index in [9.17, 15) is 9.59 Å². The lowest BCUT2D eigenvalue weighted by Crippen LogP contribution is -2.36.